The van der Waals surface area contributed by atoms with Crippen molar-refractivity contribution in [3.63, 3.8) is 0 Å². The molecule has 0 heterocycles. The van der Waals surface area contributed by atoms with Gasteiger partial charge in [0, 0.05) is 12.5 Å². The Morgan fingerprint density at radius 1 is 1.03 bits per heavy atom. The minimum absolute atomic E-state index is 0.185. The molecule has 0 spiro atoms. The number of unbranched alkanes of at least 4 members (excludes halogenated alkanes) is 3. The van der Waals surface area contributed by atoms with Crippen molar-refractivity contribution in [2.75, 3.05) is 13.2 Å². The SMILES string of the molecule is CCC(CCCCc1ccc(OCCCCCC(C)C)cc1)C(=O)NCC1CC1. The van der Waals surface area contributed by atoms with Gasteiger partial charge in [0.15, 0.2) is 0 Å². The molecule has 0 bridgehead atoms. The van der Waals surface area contributed by atoms with Gasteiger partial charge in [-0.1, -0.05) is 58.6 Å². The quantitative estimate of drug-likeness (QED) is 0.319. The first kappa shape index (κ1) is 23.8. The molecule has 1 aliphatic rings. The molecule has 0 aliphatic heterocycles. The molecule has 1 unspecified atom stereocenters. The van der Waals surface area contributed by atoms with E-state index in [0.29, 0.717) is 0 Å². The summed E-state index contributed by atoms with van der Waals surface area (Å²) in [4.78, 5) is 12.3. The van der Waals surface area contributed by atoms with Crippen LogP contribution in [0.2, 0.25) is 0 Å². The Labute approximate surface area is 179 Å². The third-order valence-corrected chi connectivity index (χ3v) is 6.01. The number of rotatable bonds is 16. The van der Waals surface area contributed by atoms with Crippen LogP contribution in [-0.2, 0) is 11.2 Å². The lowest BCUT2D eigenvalue weighted by Gasteiger charge is -2.14. The molecule has 0 radical (unpaired) electrons. The van der Waals surface area contributed by atoms with Gasteiger partial charge in [0.1, 0.15) is 5.75 Å². The molecule has 1 aromatic carbocycles. The number of carbonyl (C=O) groups excluding carboxylic acids is 1. The molecular formula is C26H43NO2. The zero-order chi connectivity index (χ0) is 20.9. The molecule has 3 nitrogen and oxygen atoms in total. The van der Waals surface area contributed by atoms with Gasteiger partial charge >= 0.3 is 0 Å². The first-order valence-electron chi connectivity index (χ1n) is 12.1. The normalized spacial score (nSPS) is 14.8. The maximum absolute atomic E-state index is 12.3. The number of ether oxygens (including phenoxy) is 1. The fourth-order valence-corrected chi connectivity index (χ4v) is 3.73. The molecule has 1 amide bonds. The van der Waals surface area contributed by atoms with Crippen molar-refractivity contribution >= 4 is 5.91 Å². The summed E-state index contributed by atoms with van der Waals surface area (Å²) in [6, 6.07) is 8.58. The van der Waals surface area contributed by atoms with Crippen molar-refractivity contribution < 1.29 is 9.53 Å². The number of hydrogen-bond acceptors (Lipinski definition) is 2. The lowest BCUT2D eigenvalue weighted by atomic mass is 9.96. The third-order valence-electron chi connectivity index (χ3n) is 6.01. The standard InChI is InChI=1S/C26H43NO2/c1-4-24(26(28)27-20-23-13-14-23)12-8-7-11-22-15-17-25(18-16-22)29-19-9-5-6-10-21(2)3/h15-18,21,23-24H,4-14,19-20H2,1-3H3,(H,27,28). The molecule has 3 heteroatoms. The average Bonchev–Trinajstić information content (AvgIpc) is 3.54. The highest BCUT2D eigenvalue weighted by atomic mass is 16.5. The maximum Gasteiger partial charge on any atom is 0.223 e. The fraction of sp³-hybridized carbons (Fsp3) is 0.731. The summed E-state index contributed by atoms with van der Waals surface area (Å²) in [6.07, 6.45) is 12.9. The first-order valence-corrected chi connectivity index (χ1v) is 12.1. The van der Waals surface area contributed by atoms with Crippen molar-refractivity contribution in [2.24, 2.45) is 17.8 Å². The van der Waals surface area contributed by atoms with Gasteiger partial charge < -0.3 is 10.1 Å². The summed E-state index contributed by atoms with van der Waals surface area (Å²) in [7, 11) is 0. The Hall–Kier alpha value is -1.51. The van der Waals surface area contributed by atoms with Gasteiger partial charge in [-0.25, -0.2) is 0 Å². The van der Waals surface area contributed by atoms with Crippen LogP contribution in [0.15, 0.2) is 24.3 Å². The highest BCUT2D eigenvalue weighted by Gasteiger charge is 2.23. The second-order valence-electron chi connectivity index (χ2n) is 9.28. The van der Waals surface area contributed by atoms with E-state index in [1.54, 1.807) is 0 Å². The average molecular weight is 402 g/mol. The minimum atomic E-state index is 0.185. The zero-order valence-electron chi connectivity index (χ0n) is 19.1. The summed E-state index contributed by atoms with van der Waals surface area (Å²) in [5.74, 6) is 3.00. The van der Waals surface area contributed by atoms with Crippen molar-refractivity contribution in [3.05, 3.63) is 29.8 Å². The van der Waals surface area contributed by atoms with Gasteiger partial charge in [-0.3, -0.25) is 4.79 Å². The summed E-state index contributed by atoms with van der Waals surface area (Å²) < 4.78 is 5.87. The zero-order valence-corrected chi connectivity index (χ0v) is 19.1. The van der Waals surface area contributed by atoms with Crippen LogP contribution < -0.4 is 10.1 Å². The van der Waals surface area contributed by atoms with Gasteiger partial charge in [0.25, 0.3) is 0 Å². The van der Waals surface area contributed by atoms with E-state index in [-0.39, 0.29) is 11.8 Å². The van der Waals surface area contributed by atoms with E-state index in [1.165, 1.54) is 37.7 Å². The Kier molecular flexibility index (Phi) is 11.2. The molecule has 164 valence electrons. The molecule has 1 saturated carbocycles. The molecule has 0 saturated heterocycles. The molecule has 1 aliphatic carbocycles. The van der Waals surface area contributed by atoms with E-state index >= 15 is 0 Å². The highest BCUT2D eigenvalue weighted by Crippen LogP contribution is 2.28. The lowest BCUT2D eigenvalue weighted by Crippen LogP contribution is -2.32. The predicted octanol–water partition coefficient (Wildman–Crippen LogP) is 6.55. The number of amides is 1. The largest absolute Gasteiger partial charge is 0.494 e. The van der Waals surface area contributed by atoms with E-state index < -0.39 is 0 Å². The van der Waals surface area contributed by atoms with E-state index in [0.717, 1.165) is 69.3 Å². The lowest BCUT2D eigenvalue weighted by molar-refractivity contribution is -0.125. The van der Waals surface area contributed by atoms with E-state index in [4.69, 9.17) is 4.74 Å². The first-order chi connectivity index (χ1) is 14.1. The molecular weight excluding hydrogens is 358 g/mol. The number of carbonyl (C=O) groups is 1. The number of hydrogen-bond donors (Lipinski definition) is 1. The van der Waals surface area contributed by atoms with Crippen LogP contribution in [-0.4, -0.2) is 19.1 Å². The van der Waals surface area contributed by atoms with Gasteiger partial charge in [-0.2, -0.15) is 0 Å². The van der Waals surface area contributed by atoms with E-state index in [1.807, 2.05) is 0 Å². The Morgan fingerprint density at radius 2 is 1.76 bits per heavy atom. The maximum atomic E-state index is 12.3. The molecule has 29 heavy (non-hydrogen) atoms. The van der Waals surface area contributed by atoms with Crippen LogP contribution >= 0.6 is 0 Å². The van der Waals surface area contributed by atoms with Gasteiger partial charge in [-0.05, 0) is 74.5 Å². The number of benzene rings is 1. The summed E-state index contributed by atoms with van der Waals surface area (Å²) in [5.41, 5.74) is 1.36. The summed E-state index contributed by atoms with van der Waals surface area (Å²) >= 11 is 0. The van der Waals surface area contributed by atoms with Crippen LogP contribution in [0.5, 0.6) is 5.75 Å². The second-order valence-corrected chi connectivity index (χ2v) is 9.28. The van der Waals surface area contributed by atoms with E-state index in [2.05, 4.69) is 50.4 Å². The van der Waals surface area contributed by atoms with E-state index in [9.17, 15) is 4.79 Å². The van der Waals surface area contributed by atoms with Gasteiger partial charge in [0.2, 0.25) is 5.91 Å². The second kappa shape index (κ2) is 13.7. The molecule has 0 aromatic heterocycles. The Bertz CT molecular complexity index is 563. The van der Waals surface area contributed by atoms with Crippen molar-refractivity contribution in [2.45, 2.75) is 91.4 Å². The van der Waals surface area contributed by atoms with Crippen molar-refractivity contribution in [1.82, 2.24) is 5.32 Å². The van der Waals surface area contributed by atoms with Crippen LogP contribution in [0.25, 0.3) is 0 Å². The van der Waals surface area contributed by atoms with Gasteiger partial charge in [0.05, 0.1) is 6.61 Å². The molecule has 1 fully saturated rings. The number of nitrogens with one attached hydrogen (secondary N) is 1. The summed E-state index contributed by atoms with van der Waals surface area (Å²) in [6.45, 7) is 8.41. The topological polar surface area (TPSA) is 38.3 Å². The predicted molar refractivity (Wildman–Crippen MR) is 122 cm³/mol. The minimum Gasteiger partial charge on any atom is -0.494 e. The molecule has 1 aromatic rings. The van der Waals surface area contributed by atoms with Crippen LogP contribution in [0.4, 0.5) is 0 Å². The molecule has 1 atom stereocenters. The van der Waals surface area contributed by atoms with Crippen LogP contribution in [0, 0.1) is 17.8 Å². The van der Waals surface area contributed by atoms with Crippen molar-refractivity contribution in [1.29, 1.82) is 0 Å². The number of aryl methyl sites for hydroxylation is 1. The fourth-order valence-electron chi connectivity index (χ4n) is 3.73. The summed E-state index contributed by atoms with van der Waals surface area (Å²) in [5, 5.41) is 3.14. The highest BCUT2D eigenvalue weighted by molar-refractivity contribution is 5.78. The van der Waals surface area contributed by atoms with Crippen molar-refractivity contribution in [3.8, 4) is 5.75 Å². The third kappa shape index (κ3) is 10.7. The van der Waals surface area contributed by atoms with Crippen LogP contribution in [0.3, 0.4) is 0 Å². The monoisotopic (exact) mass is 401 g/mol. The Balaban J connectivity index is 1.55. The van der Waals surface area contributed by atoms with Crippen LogP contribution in [0.1, 0.15) is 90.5 Å². The smallest absolute Gasteiger partial charge is 0.223 e. The van der Waals surface area contributed by atoms with Gasteiger partial charge in [-0.15, -0.1) is 0 Å². The molecule has 1 N–H and O–H groups in total. The molecule has 2 rings (SSSR count). The Morgan fingerprint density at radius 3 is 2.41 bits per heavy atom.